The summed E-state index contributed by atoms with van der Waals surface area (Å²) >= 11 is 0. The number of sulfonamides is 1. The molecule has 14 heavy (non-hydrogen) atoms. The molecule has 0 saturated carbocycles. The molecular formula is C10H15NO2S. The van der Waals surface area contributed by atoms with Crippen LogP contribution in [-0.4, -0.2) is 14.2 Å². The van der Waals surface area contributed by atoms with Crippen molar-refractivity contribution in [3.63, 3.8) is 0 Å². The largest absolute Gasteiger partial charge is 0.284 e. The van der Waals surface area contributed by atoms with Gasteiger partial charge in [0.05, 0.1) is 5.75 Å². The first-order valence-electron chi connectivity index (χ1n) is 4.52. The minimum absolute atomic E-state index is 0.0971. The zero-order valence-electron chi connectivity index (χ0n) is 8.66. The summed E-state index contributed by atoms with van der Waals surface area (Å²) in [4.78, 5) is 0. The molecule has 0 amide bonds. The van der Waals surface area contributed by atoms with Crippen molar-refractivity contribution in [2.24, 2.45) is 0 Å². The van der Waals surface area contributed by atoms with Crippen LogP contribution in [0, 0.1) is 13.8 Å². The Bertz CT molecular complexity index is 424. The van der Waals surface area contributed by atoms with Gasteiger partial charge in [-0.1, -0.05) is 6.07 Å². The van der Waals surface area contributed by atoms with E-state index in [0.717, 1.165) is 11.1 Å². The first-order valence-corrected chi connectivity index (χ1v) is 6.17. The Kier molecular flexibility index (Phi) is 3.16. The Hall–Kier alpha value is -1.03. The normalized spacial score (nSPS) is 11.4. The minimum Gasteiger partial charge on any atom is -0.284 e. The molecule has 1 aromatic carbocycles. The summed E-state index contributed by atoms with van der Waals surface area (Å²) < 4.78 is 25.0. The van der Waals surface area contributed by atoms with Crippen molar-refractivity contribution < 1.29 is 8.42 Å². The molecule has 0 radical (unpaired) electrons. The van der Waals surface area contributed by atoms with E-state index in [1.807, 2.05) is 26.0 Å². The molecule has 78 valence electrons. The zero-order valence-corrected chi connectivity index (χ0v) is 9.48. The Morgan fingerprint density at radius 1 is 1.21 bits per heavy atom. The highest BCUT2D eigenvalue weighted by Gasteiger charge is 2.06. The van der Waals surface area contributed by atoms with Crippen molar-refractivity contribution in [2.75, 3.05) is 10.5 Å². The van der Waals surface area contributed by atoms with Crippen molar-refractivity contribution in [1.29, 1.82) is 0 Å². The standard InChI is InChI=1S/C10H15NO2S/c1-4-14(12,13)11-10-6-5-8(2)9(3)7-10/h5-7,11H,4H2,1-3H3. The highest BCUT2D eigenvalue weighted by Crippen LogP contribution is 2.15. The third-order valence-electron chi connectivity index (χ3n) is 2.16. The van der Waals surface area contributed by atoms with E-state index >= 15 is 0 Å². The van der Waals surface area contributed by atoms with Crippen molar-refractivity contribution >= 4 is 15.7 Å². The number of benzene rings is 1. The van der Waals surface area contributed by atoms with Gasteiger partial charge in [0.15, 0.2) is 0 Å². The lowest BCUT2D eigenvalue weighted by atomic mass is 10.1. The van der Waals surface area contributed by atoms with Crippen molar-refractivity contribution in [2.45, 2.75) is 20.8 Å². The highest BCUT2D eigenvalue weighted by atomic mass is 32.2. The Balaban J connectivity index is 2.94. The van der Waals surface area contributed by atoms with Gasteiger partial charge in [0.2, 0.25) is 10.0 Å². The van der Waals surface area contributed by atoms with Crippen LogP contribution in [0.15, 0.2) is 18.2 Å². The lowest BCUT2D eigenvalue weighted by Gasteiger charge is -2.07. The quantitative estimate of drug-likeness (QED) is 0.835. The molecule has 0 unspecified atom stereocenters. The summed E-state index contributed by atoms with van der Waals surface area (Å²) in [6.45, 7) is 5.57. The molecule has 1 N–H and O–H groups in total. The number of anilines is 1. The molecule has 0 spiro atoms. The molecule has 0 atom stereocenters. The third kappa shape index (κ3) is 2.73. The third-order valence-corrected chi connectivity index (χ3v) is 3.47. The number of aryl methyl sites for hydroxylation is 2. The van der Waals surface area contributed by atoms with Gasteiger partial charge in [-0.05, 0) is 44.0 Å². The molecule has 0 aromatic heterocycles. The molecule has 0 fully saturated rings. The second kappa shape index (κ2) is 4.00. The number of hydrogen-bond donors (Lipinski definition) is 1. The minimum atomic E-state index is -3.15. The lowest BCUT2D eigenvalue weighted by molar-refractivity contribution is 0.602. The van der Waals surface area contributed by atoms with Gasteiger partial charge >= 0.3 is 0 Å². The number of rotatable bonds is 3. The van der Waals surface area contributed by atoms with Crippen LogP contribution in [0.1, 0.15) is 18.1 Å². The molecule has 0 bridgehead atoms. The maximum Gasteiger partial charge on any atom is 0.232 e. The molecule has 1 aromatic rings. The summed E-state index contributed by atoms with van der Waals surface area (Å²) in [7, 11) is -3.15. The SMILES string of the molecule is CCS(=O)(=O)Nc1ccc(C)c(C)c1. The van der Waals surface area contributed by atoms with E-state index in [2.05, 4.69) is 4.72 Å². The monoisotopic (exact) mass is 213 g/mol. The summed E-state index contributed by atoms with van der Waals surface area (Å²) in [5.41, 5.74) is 2.88. The zero-order chi connectivity index (χ0) is 10.8. The van der Waals surface area contributed by atoms with Gasteiger partial charge in [-0.15, -0.1) is 0 Å². The van der Waals surface area contributed by atoms with Crippen LogP contribution in [0.2, 0.25) is 0 Å². The first kappa shape index (κ1) is 11.0. The van der Waals surface area contributed by atoms with Gasteiger partial charge in [0, 0.05) is 5.69 Å². The van der Waals surface area contributed by atoms with Crippen LogP contribution < -0.4 is 4.72 Å². The predicted octanol–water partition coefficient (Wildman–Crippen LogP) is 2.07. The van der Waals surface area contributed by atoms with Crippen molar-refractivity contribution in [3.05, 3.63) is 29.3 Å². The Morgan fingerprint density at radius 3 is 2.36 bits per heavy atom. The van der Waals surface area contributed by atoms with Gasteiger partial charge in [-0.3, -0.25) is 4.72 Å². The van der Waals surface area contributed by atoms with Crippen LogP contribution in [0.4, 0.5) is 5.69 Å². The summed E-state index contributed by atoms with van der Waals surface area (Å²) in [6.07, 6.45) is 0. The molecular weight excluding hydrogens is 198 g/mol. The van der Waals surface area contributed by atoms with E-state index < -0.39 is 10.0 Å². The second-order valence-electron chi connectivity index (χ2n) is 3.30. The fourth-order valence-electron chi connectivity index (χ4n) is 1.06. The average Bonchev–Trinajstić information content (AvgIpc) is 2.11. The fraction of sp³-hybridized carbons (Fsp3) is 0.400. The van der Waals surface area contributed by atoms with Crippen molar-refractivity contribution in [3.8, 4) is 0 Å². The second-order valence-corrected chi connectivity index (χ2v) is 5.32. The van der Waals surface area contributed by atoms with Gasteiger partial charge < -0.3 is 0 Å². The van der Waals surface area contributed by atoms with Gasteiger partial charge in [0.1, 0.15) is 0 Å². The number of nitrogens with one attached hydrogen (secondary N) is 1. The molecule has 0 saturated heterocycles. The molecule has 3 nitrogen and oxygen atoms in total. The Labute approximate surface area is 85.2 Å². The molecule has 0 heterocycles. The van der Waals surface area contributed by atoms with Crippen LogP contribution in [-0.2, 0) is 10.0 Å². The summed E-state index contributed by atoms with van der Waals surface area (Å²) in [5.74, 6) is 0.0971. The van der Waals surface area contributed by atoms with Crippen LogP contribution in [0.3, 0.4) is 0 Å². The van der Waals surface area contributed by atoms with Crippen molar-refractivity contribution in [1.82, 2.24) is 0 Å². The summed E-state index contributed by atoms with van der Waals surface area (Å²) in [5, 5.41) is 0. The van der Waals surface area contributed by atoms with Crippen LogP contribution >= 0.6 is 0 Å². The molecule has 0 aliphatic rings. The molecule has 4 heteroatoms. The average molecular weight is 213 g/mol. The number of hydrogen-bond acceptors (Lipinski definition) is 2. The van der Waals surface area contributed by atoms with Crippen LogP contribution in [0.5, 0.6) is 0 Å². The topological polar surface area (TPSA) is 46.2 Å². The van der Waals surface area contributed by atoms with E-state index in [0.29, 0.717) is 5.69 Å². The maximum atomic E-state index is 11.3. The van der Waals surface area contributed by atoms with E-state index in [-0.39, 0.29) is 5.75 Å². The molecule has 1 rings (SSSR count). The van der Waals surface area contributed by atoms with Crippen LogP contribution in [0.25, 0.3) is 0 Å². The highest BCUT2D eigenvalue weighted by molar-refractivity contribution is 7.92. The maximum absolute atomic E-state index is 11.3. The van der Waals surface area contributed by atoms with Gasteiger partial charge in [-0.25, -0.2) is 8.42 Å². The van der Waals surface area contributed by atoms with E-state index in [4.69, 9.17) is 0 Å². The summed E-state index contributed by atoms with van der Waals surface area (Å²) in [6, 6.07) is 5.51. The fourth-order valence-corrected chi connectivity index (χ4v) is 1.69. The predicted molar refractivity (Wildman–Crippen MR) is 59.0 cm³/mol. The first-order chi connectivity index (χ1) is 6.44. The molecule has 0 aliphatic carbocycles. The van der Waals surface area contributed by atoms with Gasteiger partial charge in [0.25, 0.3) is 0 Å². The Morgan fingerprint density at radius 2 is 1.86 bits per heavy atom. The van der Waals surface area contributed by atoms with E-state index in [1.165, 1.54) is 0 Å². The smallest absolute Gasteiger partial charge is 0.232 e. The lowest BCUT2D eigenvalue weighted by Crippen LogP contribution is -2.14. The van der Waals surface area contributed by atoms with E-state index in [1.54, 1.807) is 13.0 Å². The van der Waals surface area contributed by atoms with Gasteiger partial charge in [-0.2, -0.15) is 0 Å². The van der Waals surface area contributed by atoms with E-state index in [9.17, 15) is 8.42 Å². The molecule has 0 aliphatic heterocycles.